The van der Waals surface area contributed by atoms with Crippen LogP contribution in [0.25, 0.3) is 0 Å². The van der Waals surface area contributed by atoms with Crippen molar-refractivity contribution < 1.29 is 9.47 Å². The van der Waals surface area contributed by atoms with E-state index in [9.17, 15) is 0 Å². The maximum atomic E-state index is 6.24. The molecule has 3 nitrogen and oxygen atoms in total. The third-order valence-corrected chi connectivity index (χ3v) is 3.61. The summed E-state index contributed by atoms with van der Waals surface area (Å²) >= 11 is 0. The lowest BCUT2D eigenvalue weighted by Crippen LogP contribution is -2.21. The highest BCUT2D eigenvalue weighted by molar-refractivity contribution is 5.47. The lowest BCUT2D eigenvalue weighted by Gasteiger charge is -2.25. The molecular formula is C16H25NO2. The molecule has 0 aromatic heterocycles. The van der Waals surface area contributed by atoms with Gasteiger partial charge in [-0.3, -0.25) is 0 Å². The maximum Gasteiger partial charge on any atom is 0.164 e. The summed E-state index contributed by atoms with van der Waals surface area (Å²) in [5.41, 5.74) is 6.86. The van der Waals surface area contributed by atoms with Gasteiger partial charge < -0.3 is 15.2 Å². The first-order valence-corrected chi connectivity index (χ1v) is 7.46. The van der Waals surface area contributed by atoms with Crippen molar-refractivity contribution in [2.75, 3.05) is 13.2 Å². The van der Waals surface area contributed by atoms with E-state index >= 15 is 0 Å². The van der Waals surface area contributed by atoms with E-state index in [4.69, 9.17) is 15.2 Å². The van der Waals surface area contributed by atoms with Gasteiger partial charge in [-0.05, 0) is 57.2 Å². The number of nitrogens with two attached hydrogens (primary N) is 1. The van der Waals surface area contributed by atoms with Crippen molar-refractivity contribution in [2.45, 2.75) is 51.6 Å². The Hall–Kier alpha value is -1.22. The quantitative estimate of drug-likeness (QED) is 0.856. The van der Waals surface area contributed by atoms with Gasteiger partial charge in [0.1, 0.15) is 0 Å². The largest absolute Gasteiger partial charge is 0.490 e. The predicted octanol–water partition coefficient (Wildman–Crippen LogP) is 3.30. The van der Waals surface area contributed by atoms with Crippen LogP contribution in [-0.2, 0) is 6.42 Å². The first kappa shape index (κ1) is 14.2. The fourth-order valence-electron chi connectivity index (χ4n) is 2.67. The normalized spacial score (nSPS) is 16.3. The summed E-state index contributed by atoms with van der Waals surface area (Å²) in [6.07, 6.45) is 7.37. The molecule has 0 spiro atoms. The highest BCUT2D eigenvalue weighted by atomic mass is 16.5. The number of benzene rings is 1. The van der Waals surface area contributed by atoms with Gasteiger partial charge in [-0.1, -0.05) is 18.6 Å². The van der Waals surface area contributed by atoms with Gasteiger partial charge in [0.15, 0.2) is 11.5 Å². The molecule has 2 rings (SSSR count). The Bertz CT molecular complexity index is 362. The van der Waals surface area contributed by atoms with E-state index in [1.165, 1.54) is 24.8 Å². The van der Waals surface area contributed by atoms with E-state index < -0.39 is 0 Å². The Balaban J connectivity index is 2.17. The SMILES string of the molecule is CCOc1cccc(CCN)c1OC1CCCCC1. The summed E-state index contributed by atoms with van der Waals surface area (Å²) in [6.45, 7) is 3.30. The summed E-state index contributed by atoms with van der Waals surface area (Å²) in [7, 11) is 0. The topological polar surface area (TPSA) is 44.5 Å². The van der Waals surface area contributed by atoms with Crippen LogP contribution < -0.4 is 15.2 Å². The van der Waals surface area contributed by atoms with E-state index in [-0.39, 0.29) is 0 Å². The number of rotatable bonds is 6. The zero-order chi connectivity index (χ0) is 13.5. The average molecular weight is 263 g/mol. The Labute approximate surface area is 116 Å². The molecule has 1 fully saturated rings. The minimum atomic E-state index is 0.340. The Kier molecular flexibility index (Phi) is 5.52. The smallest absolute Gasteiger partial charge is 0.164 e. The fraction of sp³-hybridized carbons (Fsp3) is 0.625. The molecule has 3 heteroatoms. The second-order valence-corrected chi connectivity index (χ2v) is 5.09. The van der Waals surface area contributed by atoms with Crippen molar-refractivity contribution in [3.8, 4) is 11.5 Å². The first-order chi connectivity index (χ1) is 9.35. The Morgan fingerprint density at radius 1 is 1.21 bits per heavy atom. The molecule has 1 aromatic carbocycles. The Morgan fingerprint density at radius 3 is 2.68 bits per heavy atom. The van der Waals surface area contributed by atoms with Crippen LogP contribution in [0.1, 0.15) is 44.6 Å². The molecule has 0 bridgehead atoms. The molecule has 19 heavy (non-hydrogen) atoms. The molecule has 1 aliphatic carbocycles. The van der Waals surface area contributed by atoms with E-state index in [1.807, 2.05) is 19.1 Å². The summed E-state index contributed by atoms with van der Waals surface area (Å²) in [4.78, 5) is 0. The molecule has 0 unspecified atom stereocenters. The van der Waals surface area contributed by atoms with Crippen molar-refractivity contribution in [3.63, 3.8) is 0 Å². The summed E-state index contributed by atoms with van der Waals surface area (Å²) in [5.74, 6) is 1.78. The zero-order valence-corrected chi connectivity index (χ0v) is 11.9. The van der Waals surface area contributed by atoms with Gasteiger partial charge in [-0.2, -0.15) is 0 Å². The van der Waals surface area contributed by atoms with Crippen molar-refractivity contribution >= 4 is 0 Å². The second kappa shape index (κ2) is 7.39. The van der Waals surface area contributed by atoms with Crippen LogP contribution in [0.3, 0.4) is 0 Å². The van der Waals surface area contributed by atoms with Crippen LogP contribution in [-0.4, -0.2) is 19.3 Å². The van der Waals surface area contributed by atoms with Gasteiger partial charge in [-0.15, -0.1) is 0 Å². The molecule has 0 saturated heterocycles. The highest BCUT2D eigenvalue weighted by Crippen LogP contribution is 2.34. The summed E-state index contributed by atoms with van der Waals surface area (Å²) in [5, 5.41) is 0. The van der Waals surface area contributed by atoms with Gasteiger partial charge in [0.25, 0.3) is 0 Å². The molecule has 1 aliphatic rings. The van der Waals surface area contributed by atoms with Gasteiger partial charge in [0.2, 0.25) is 0 Å². The van der Waals surface area contributed by atoms with Crippen LogP contribution in [0.5, 0.6) is 11.5 Å². The third-order valence-electron chi connectivity index (χ3n) is 3.61. The third kappa shape index (κ3) is 3.87. The molecule has 1 saturated carbocycles. The number of hydrogen-bond donors (Lipinski definition) is 1. The average Bonchev–Trinajstić information content (AvgIpc) is 2.44. The first-order valence-electron chi connectivity index (χ1n) is 7.46. The van der Waals surface area contributed by atoms with Crippen molar-refractivity contribution in [1.29, 1.82) is 0 Å². The molecule has 0 amide bonds. The van der Waals surface area contributed by atoms with Crippen LogP contribution in [0.4, 0.5) is 0 Å². The number of ether oxygens (including phenoxy) is 2. The number of hydrogen-bond acceptors (Lipinski definition) is 3. The molecule has 0 radical (unpaired) electrons. The zero-order valence-electron chi connectivity index (χ0n) is 11.9. The van der Waals surface area contributed by atoms with Gasteiger partial charge in [0.05, 0.1) is 12.7 Å². The van der Waals surface area contributed by atoms with Crippen molar-refractivity contribution in [1.82, 2.24) is 0 Å². The molecule has 106 valence electrons. The lowest BCUT2D eigenvalue weighted by molar-refractivity contribution is 0.146. The fourth-order valence-corrected chi connectivity index (χ4v) is 2.67. The van der Waals surface area contributed by atoms with Crippen molar-refractivity contribution in [2.24, 2.45) is 5.73 Å². The van der Waals surface area contributed by atoms with E-state index in [0.29, 0.717) is 19.3 Å². The van der Waals surface area contributed by atoms with E-state index in [0.717, 1.165) is 30.8 Å². The second-order valence-electron chi connectivity index (χ2n) is 5.09. The monoisotopic (exact) mass is 263 g/mol. The minimum Gasteiger partial charge on any atom is -0.490 e. The van der Waals surface area contributed by atoms with E-state index in [1.54, 1.807) is 0 Å². The molecule has 2 N–H and O–H groups in total. The van der Waals surface area contributed by atoms with Crippen LogP contribution in [0.2, 0.25) is 0 Å². The maximum absolute atomic E-state index is 6.24. The standard InChI is InChI=1S/C16H25NO2/c1-2-18-15-10-6-7-13(11-12-17)16(15)19-14-8-4-3-5-9-14/h6-7,10,14H,2-5,8-9,11-12,17H2,1H3. The Morgan fingerprint density at radius 2 is 2.00 bits per heavy atom. The van der Waals surface area contributed by atoms with Gasteiger partial charge in [0, 0.05) is 0 Å². The van der Waals surface area contributed by atoms with Crippen LogP contribution >= 0.6 is 0 Å². The molecule has 0 aliphatic heterocycles. The van der Waals surface area contributed by atoms with Gasteiger partial charge >= 0.3 is 0 Å². The highest BCUT2D eigenvalue weighted by Gasteiger charge is 2.19. The van der Waals surface area contributed by atoms with E-state index in [2.05, 4.69) is 6.07 Å². The minimum absolute atomic E-state index is 0.340. The number of para-hydroxylation sites is 1. The molecule has 1 aromatic rings. The van der Waals surface area contributed by atoms with Crippen molar-refractivity contribution in [3.05, 3.63) is 23.8 Å². The molecule has 0 heterocycles. The molecule has 0 atom stereocenters. The predicted molar refractivity (Wildman–Crippen MR) is 77.9 cm³/mol. The lowest BCUT2D eigenvalue weighted by atomic mass is 9.97. The molecular weight excluding hydrogens is 238 g/mol. The summed E-state index contributed by atoms with van der Waals surface area (Å²) in [6, 6.07) is 6.10. The van der Waals surface area contributed by atoms with Gasteiger partial charge in [-0.25, -0.2) is 0 Å². The van der Waals surface area contributed by atoms with Crippen LogP contribution in [0, 0.1) is 0 Å². The van der Waals surface area contributed by atoms with Crippen LogP contribution in [0.15, 0.2) is 18.2 Å². The summed E-state index contributed by atoms with van der Waals surface area (Å²) < 4.78 is 11.9.